The van der Waals surface area contributed by atoms with Crippen LogP contribution in [0.5, 0.6) is 0 Å². The summed E-state index contributed by atoms with van der Waals surface area (Å²) in [5.74, 6) is -1.38. The minimum absolute atomic E-state index is 0.143. The molecule has 1 aliphatic heterocycles. The Kier molecular flexibility index (Phi) is 2.73. The number of rotatable bonds is 1. The van der Waals surface area contributed by atoms with Crippen molar-refractivity contribution in [2.24, 2.45) is 0 Å². The van der Waals surface area contributed by atoms with Gasteiger partial charge in [0.1, 0.15) is 0 Å². The zero-order chi connectivity index (χ0) is 9.14. The van der Waals surface area contributed by atoms with Crippen LogP contribution >= 0.6 is 0 Å². The summed E-state index contributed by atoms with van der Waals surface area (Å²) in [6, 6.07) is 0. The van der Waals surface area contributed by atoms with E-state index in [0.29, 0.717) is 12.8 Å². The number of carbonyl (C=O) groups is 2. The molecule has 12 heavy (non-hydrogen) atoms. The number of piperidine rings is 1. The molecule has 1 aliphatic rings. The van der Waals surface area contributed by atoms with E-state index < -0.39 is 12.3 Å². The molecule has 0 unspecified atom stereocenters. The highest BCUT2D eigenvalue weighted by atomic mass is 19.3. The van der Waals surface area contributed by atoms with E-state index in [2.05, 4.69) is 0 Å². The summed E-state index contributed by atoms with van der Waals surface area (Å²) < 4.78 is 23.7. The number of carbonyl (C=O) groups excluding carboxylic acids is 2. The van der Waals surface area contributed by atoms with Gasteiger partial charge in [0.2, 0.25) is 0 Å². The minimum Gasteiger partial charge on any atom is -0.330 e. The summed E-state index contributed by atoms with van der Waals surface area (Å²) in [5, 5.41) is 0. The predicted molar refractivity (Wildman–Crippen MR) is 36.8 cm³/mol. The predicted octanol–water partition coefficient (Wildman–Crippen LogP) is 0.443. The molecular formula is C7H9F2NO2. The SMILES string of the molecule is O=C1CCCN(C(=O)C(F)F)C1. The summed E-state index contributed by atoms with van der Waals surface area (Å²) in [5.41, 5.74) is 0. The van der Waals surface area contributed by atoms with Crippen LogP contribution in [0.15, 0.2) is 0 Å². The van der Waals surface area contributed by atoms with E-state index in [9.17, 15) is 18.4 Å². The third kappa shape index (κ3) is 1.99. The lowest BCUT2D eigenvalue weighted by Crippen LogP contribution is -2.42. The lowest BCUT2D eigenvalue weighted by atomic mass is 10.1. The zero-order valence-electron chi connectivity index (χ0n) is 6.43. The Labute approximate surface area is 68.3 Å². The largest absolute Gasteiger partial charge is 0.330 e. The highest BCUT2D eigenvalue weighted by molar-refractivity contribution is 5.88. The van der Waals surface area contributed by atoms with Crippen molar-refractivity contribution in [3.63, 3.8) is 0 Å². The normalized spacial score (nSPS) is 18.6. The van der Waals surface area contributed by atoms with Crippen LogP contribution in [0.2, 0.25) is 0 Å². The Balaban J connectivity index is 2.51. The number of nitrogens with zero attached hydrogens (tertiary/aromatic N) is 1. The quantitative estimate of drug-likeness (QED) is 0.583. The molecule has 1 fully saturated rings. The van der Waals surface area contributed by atoms with Crippen molar-refractivity contribution >= 4 is 11.7 Å². The van der Waals surface area contributed by atoms with Crippen molar-refractivity contribution in [2.45, 2.75) is 19.3 Å². The molecule has 0 aromatic rings. The van der Waals surface area contributed by atoms with Crippen LogP contribution < -0.4 is 0 Å². The van der Waals surface area contributed by atoms with Crippen molar-refractivity contribution in [2.75, 3.05) is 13.1 Å². The first kappa shape index (κ1) is 9.09. The van der Waals surface area contributed by atoms with E-state index in [-0.39, 0.29) is 18.9 Å². The molecule has 0 bridgehead atoms. The van der Waals surface area contributed by atoms with Gasteiger partial charge in [-0.1, -0.05) is 0 Å². The average Bonchev–Trinajstić information content (AvgIpc) is 2.03. The van der Waals surface area contributed by atoms with Gasteiger partial charge in [0, 0.05) is 13.0 Å². The average molecular weight is 177 g/mol. The molecule has 0 aromatic carbocycles. The van der Waals surface area contributed by atoms with Crippen LogP contribution in [0.25, 0.3) is 0 Å². The van der Waals surface area contributed by atoms with Crippen molar-refractivity contribution in [3.05, 3.63) is 0 Å². The van der Waals surface area contributed by atoms with Crippen LogP contribution in [0.3, 0.4) is 0 Å². The number of halogens is 2. The molecule has 68 valence electrons. The van der Waals surface area contributed by atoms with Gasteiger partial charge in [-0.05, 0) is 6.42 Å². The molecule has 0 atom stereocenters. The molecular weight excluding hydrogens is 168 g/mol. The number of Topliss-reactive ketones (excluding diaryl/α,β-unsaturated/α-hetero) is 1. The number of likely N-dealkylation sites (tertiary alicyclic amines) is 1. The molecule has 0 spiro atoms. The second-order valence-electron chi connectivity index (χ2n) is 2.70. The first-order chi connectivity index (χ1) is 5.61. The zero-order valence-corrected chi connectivity index (χ0v) is 6.43. The van der Waals surface area contributed by atoms with E-state index in [1.165, 1.54) is 0 Å². The summed E-state index contributed by atoms with van der Waals surface area (Å²) in [7, 11) is 0. The van der Waals surface area contributed by atoms with Crippen LogP contribution in [-0.2, 0) is 9.59 Å². The molecule has 3 nitrogen and oxygen atoms in total. The van der Waals surface area contributed by atoms with Gasteiger partial charge in [-0.15, -0.1) is 0 Å². The minimum atomic E-state index is -2.99. The van der Waals surface area contributed by atoms with E-state index in [1.54, 1.807) is 0 Å². The van der Waals surface area contributed by atoms with Crippen LogP contribution in [0, 0.1) is 0 Å². The molecule has 1 rings (SSSR count). The second kappa shape index (κ2) is 3.60. The van der Waals surface area contributed by atoms with Crippen molar-refractivity contribution in [1.82, 2.24) is 4.90 Å². The van der Waals surface area contributed by atoms with Gasteiger partial charge < -0.3 is 4.90 Å². The number of hydrogen-bond acceptors (Lipinski definition) is 2. The van der Waals surface area contributed by atoms with Crippen molar-refractivity contribution in [3.8, 4) is 0 Å². The molecule has 1 amide bonds. The van der Waals surface area contributed by atoms with Gasteiger partial charge in [-0.2, -0.15) is 8.78 Å². The molecule has 0 N–H and O–H groups in total. The lowest BCUT2D eigenvalue weighted by molar-refractivity contribution is -0.146. The fraction of sp³-hybridized carbons (Fsp3) is 0.714. The number of amides is 1. The summed E-state index contributed by atoms with van der Waals surface area (Å²) >= 11 is 0. The highest BCUT2D eigenvalue weighted by Gasteiger charge is 2.27. The fourth-order valence-corrected chi connectivity index (χ4v) is 1.16. The van der Waals surface area contributed by atoms with Crippen LogP contribution in [-0.4, -0.2) is 36.1 Å². The van der Waals surface area contributed by atoms with Gasteiger partial charge >= 0.3 is 6.43 Å². The molecule has 0 aliphatic carbocycles. The molecule has 1 saturated heterocycles. The topological polar surface area (TPSA) is 37.4 Å². The summed E-state index contributed by atoms with van der Waals surface area (Å²) in [6.07, 6.45) is -2.10. The Morgan fingerprint density at radius 1 is 1.50 bits per heavy atom. The Morgan fingerprint density at radius 2 is 2.17 bits per heavy atom. The molecule has 0 aromatic heterocycles. The van der Waals surface area contributed by atoms with Gasteiger partial charge in [0.05, 0.1) is 6.54 Å². The summed E-state index contributed by atoms with van der Waals surface area (Å²) in [6.45, 7) is 0.123. The molecule has 0 saturated carbocycles. The number of hydrogen-bond donors (Lipinski definition) is 0. The Hall–Kier alpha value is -1.00. The molecule has 5 heteroatoms. The first-order valence-electron chi connectivity index (χ1n) is 3.70. The van der Waals surface area contributed by atoms with Gasteiger partial charge in [-0.3, -0.25) is 9.59 Å². The fourth-order valence-electron chi connectivity index (χ4n) is 1.16. The maximum atomic E-state index is 11.8. The smallest absolute Gasteiger partial charge is 0.315 e. The number of ketones is 1. The third-order valence-electron chi connectivity index (χ3n) is 1.75. The molecule has 1 heterocycles. The van der Waals surface area contributed by atoms with Crippen molar-refractivity contribution in [1.29, 1.82) is 0 Å². The Morgan fingerprint density at radius 3 is 2.67 bits per heavy atom. The molecule has 0 radical (unpaired) electrons. The van der Waals surface area contributed by atoms with Crippen molar-refractivity contribution < 1.29 is 18.4 Å². The standard InChI is InChI=1S/C7H9F2NO2/c8-6(9)7(12)10-3-1-2-5(11)4-10/h6H,1-4H2. The third-order valence-corrected chi connectivity index (χ3v) is 1.75. The van der Waals surface area contributed by atoms with Crippen LogP contribution in [0.1, 0.15) is 12.8 Å². The second-order valence-corrected chi connectivity index (χ2v) is 2.70. The highest BCUT2D eigenvalue weighted by Crippen LogP contribution is 2.09. The maximum absolute atomic E-state index is 11.8. The maximum Gasteiger partial charge on any atom is 0.315 e. The van der Waals surface area contributed by atoms with Gasteiger partial charge in [-0.25, -0.2) is 0 Å². The van der Waals surface area contributed by atoms with E-state index in [1.807, 2.05) is 0 Å². The van der Waals surface area contributed by atoms with Gasteiger partial charge in [0.25, 0.3) is 5.91 Å². The van der Waals surface area contributed by atoms with E-state index in [4.69, 9.17) is 0 Å². The first-order valence-corrected chi connectivity index (χ1v) is 3.70. The van der Waals surface area contributed by atoms with Gasteiger partial charge in [0.15, 0.2) is 5.78 Å². The van der Waals surface area contributed by atoms with Crippen LogP contribution in [0.4, 0.5) is 8.78 Å². The van der Waals surface area contributed by atoms with E-state index >= 15 is 0 Å². The van der Waals surface area contributed by atoms with E-state index in [0.717, 1.165) is 4.90 Å². The monoisotopic (exact) mass is 177 g/mol. The summed E-state index contributed by atoms with van der Waals surface area (Å²) in [4.78, 5) is 22.3. The Bertz CT molecular complexity index is 206. The number of alkyl halides is 2. The lowest BCUT2D eigenvalue weighted by Gasteiger charge is -2.25.